The van der Waals surface area contributed by atoms with Crippen LogP contribution in [0.5, 0.6) is 11.5 Å². The maximum absolute atomic E-state index is 11.1. The first-order valence-corrected chi connectivity index (χ1v) is 11.5. The molecule has 1 atom stereocenters. The molecule has 0 bridgehead atoms. The summed E-state index contributed by atoms with van der Waals surface area (Å²) < 4.78 is 19.1. The standard InChI is InChI=1S/C25H30ClN3O4/c1-20-2-6-24(7-3-20)33-19-25(30)17-28(10-12-31-18-25)15-21-4-8-23(9-5-21)32-13-11-29-16-22(26)14-27-29/h2-9,14,16,30H,10-13,15,17-19H2,1H3. The molecule has 0 spiro atoms. The van der Waals surface area contributed by atoms with E-state index in [1.165, 1.54) is 5.56 Å². The van der Waals surface area contributed by atoms with E-state index in [4.69, 9.17) is 25.8 Å². The molecule has 1 aromatic heterocycles. The zero-order chi connectivity index (χ0) is 23.1. The van der Waals surface area contributed by atoms with Gasteiger partial charge in [0.2, 0.25) is 0 Å². The lowest BCUT2D eigenvalue weighted by Gasteiger charge is -2.30. The highest BCUT2D eigenvalue weighted by molar-refractivity contribution is 6.30. The van der Waals surface area contributed by atoms with Crippen LogP contribution in [0, 0.1) is 6.92 Å². The monoisotopic (exact) mass is 471 g/mol. The van der Waals surface area contributed by atoms with Crippen molar-refractivity contribution in [3.63, 3.8) is 0 Å². The highest BCUT2D eigenvalue weighted by Crippen LogP contribution is 2.20. The zero-order valence-electron chi connectivity index (χ0n) is 18.8. The average Bonchev–Trinajstić information content (AvgIpc) is 3.13. The largest absolute Gasteiger partial charge is 0.492 e. The molecular formula is C25H30ClN3O4. The Labute approximate surface area is 199 Å². The van der Waals surface area contributed by atoms with Gasteiger partial charge in [0.15, 0.2) is 0 Å². The Morgan fingerprint density at radius 2 is 1.82 bits per heavy atom. The zero-order valence-corrected chi connectivity index (χ0v) is 19.6. The summed E-state index contributed by atoms with van der Waals surface area (Å²) in [6.45, 7) is 6.12. The Morgan fingerprint density at radius 1 is 1.09 bits per heavy atom. The predicted molar refractivity (Wildman–Crippen MR) is 127 cm³/mol. The number of hydrogen-bond acceptors (Lipinski definition) is 6. The quantitative estimate of drug-likeness (QED) is 0.514. The number of benzene rings is 2. The summed E-state index contributed by atoms with van der Waals surface area (Å²) in [6.07, 6.45) is 3.38. The molecule has 1 aliphatic heterocycles. The minimum absolute atomic E-state index is 0.181. The van der Waals surface area contributed by atoms with Gasteiger partial charge < -0.3 is 19.3 Å². The van der Waals surface area contributed by atoms with Crippen molar-refractivity contribution in [3.05, 3.63) is 77.1 Å². The van der Waals surface area contributed by atoms with Gasteiger partial charge >= 0.3 is 0 Å². The number of nitrogens with zero attached hydrogens (tertiary/aromatic N) is 3. The van der Waals surface area contributed by atoms with Crippen molar-refractivity contribution in [2.45, 2.75) is 25.6 Å². The number of rotatable bonds is 9. The summed E-state index contributed by atoms with van der Waals surface area (Å²) in [5.41, 5.74) is 1.24. The molecule has 0 amide bonds. The van der Waals surface area contributed by atoms with Crippen LogP contribution in [0.1, 0.15) is 11.1 Å². The van der Waals surface area contributed by atoms with Crippen molar-refractivity contribution >= 4 is 11.6 Å². The minimum Gasteiger partial charge on any atom is -0.492 e. The second-order valence-electron chi connectivity index (χ2n) is 8.50. The summed E-state index contributed by atoms with van der Waals surface area (Å²) in [5.74, 6) is 1.55. The topological polar surface area (TPSA) is 69.0 Å². The molecule has 2 aromatic carbocycles. The van der Waals surface area contributed by atoms with Crippen LogP contribution < -0.4 is 9.47 Å². The molecule has 3 aromatic rings. The lowest BCUT2D eigenvalue weighted by molar-refractivity contribution is -0.0646. The summed E-state index contributed by atoms with van der Waals surface area (Å²) >= 11 is 5.87. The van der Waals surface area contributed by atoms with Gasteiger partial charge in [-0.1, -0.05) is 41.4 Å². The van der Waals surface area contributed by atoms with Crippen LogP contribution in [-0.4, -0.2) is 64.9 Å². The number of ether oxygens (including phenoxy) is 3. The van der Waals surface area contributed by atoms with E-state index in [1.807, 2.05) is 55.5 Å². The first kappa shape index (κ1) is 23.6. The van der Waals surface area contributed by atoms with Gasteiger partial charge in [-0.2, -0.15) is 5.10 Å². The van der Waals surface area contributed by atoms with Crippen LogP contribution in [0.15, 0.2) is 60.9 Å². The fraction of sp³-hybridized carbons (Fsp3) is 0.400. The van der Waals surface area contributed by atoms with Gasteiger partial charge in [0.05, 0.1) is 31.0 Å². The fourth-order valence-electron chi connectivity index (χ4n) is 3.74. The maximum Gasteiger partial charge on any atom is 0.134 e. The van der Waals surface area contributed by atoms with Gasteiger partial charge in [0.25, 0.3) is 0 Å². The summed E-state index contributed by atoms with van der Waals surface area (Å²) in [6, 6.07) is 15.9. The normalized spacial score (nSPS) is 19.2. The predicted octanol–water partition coefficient (Wildman–Crippen LogP) is 3.57. The lowest BCUT2D eigenvalue weighted by Crippen LogP contribution is -2.48. The highest BCUT2D eigenvalue weighted by atomic mass is 35.5. The van der Waals surface area contributed by atoms with Crippen molar-refractivity contribution in [2.24, 2.45) is 0 Å². The van der Waals surface area contributed by atoms with Crippen molar-refractivity contribution in [1.82, 2.24) is 14.7 Å². The van der Waals surface area contributed by atoms with Crippen LogP contribution >= 0.6 is 11.6 Å². The number of aliphatic hydroxyl groups is 1. The molecule has 1 saturated heterocycles. The highest BCUT2D eigenvalue weighted by Gasteiger charge is 2.33. The molecule has 8 heteroatoms. The van der Waals surface area contributed by atoms with E-state index in [9.17, 15) is 5.11 Å². The van der Waals surface area contributed by atoms with Crippen LogP contribution in [0.25, 0.3) is 0 Å². The van der Waals surface area contributed by atoms with E-state index in [2.05, 4.69) is 10.00 Å². The smallest absolute Gasteiger partial charge is 0.134 e. The van der Waals surface area contributed by atoms with Crippen molar-refractivity contribution in [1.29, 1.82) is 0 Å². The molecule has 4 rings (SSSR count). The van der Waals surface area contributed by atoms with Crippen molar-refractivity contribution in [3.8, 4) is 11.5 Å². The molecule has 33 heavy (non-hydrogen) atoms. The molecule has 1 unspecified atom stereocenters. The van der Waals surface area contributed by atoms with Crippen LogP contribution in [0.4, 0.5) is 0 Å². The molecule has 0 aliphatic carbocycles. The van der Waals surface area contributed by atoms with Gasteiger partial charge in [-0.25, -0.2) is 0 Å². The number of aromatic nitrogens is 2. The average molecular weight is 472 g/mol. The summed E-state index contributed by atoms with van der Waals surface area (Å²) in [7, 11) is 0. The first-order valence-electron chi connectivity index (χ1n) is 11.1. The third kappa shape index (κ3) is 7.20. The van der Waals surface area contributed by atoms with E-state index < -0.39 is 5.60 Å². The number of β-amino-alcohol motifs (C(OH)–C–C–N with tert-alkyl or cyclic N) is 1. The molecule has 2 heterocycles. The summed E-state index contributed by atoms with van der Waals surface area (Å²) in [4.78, 5) is 2.20. The maximum atomic E-state index is 11.1. The van der Waals surface area contributed by atoms with Gasteiger partial charge in [-0.3, -0.25) is 9.58 Å². The Kier molecular flexibility index (Phi) is 7.88. The Hall–Kier alpha value is -2.58. The third-order valence-corrected chi connectivity index (χ3v) is 5.68. The van der Waals surface area contributed by atoms with Crippen molar-refractivity contribution < 1.29 is 19.3 Å². The van der Waals surface area contributed by atoms with Crippen molar-refractivity contribution in [2.75, 3.05) is 39.5 Å². The minimum atomic E-state index is -1.07. The van der Waals surface area contributed by atoms with Gasteiger partial charge in [0, 0.05) is 25.8 Å². The molecule has 0 radical (unpaired) electrons. The number of hydrogen-bond donors (Lipinski definition) is 1. The van der Waals surface area contributed by atoms with Crippen LogP contribution in [0.2, 0.25) is 5.02 Å². The molecule has 1 N–H and O–H groups in total. The Balaban J connectivity index is 1.27. The van der Waals surface area contributed by atoms with Crippen LogP contribution in [-0.2, 0) is 17.8 Å². The second-order valence-corrected chi connectivity index (χ2v) is 8.94. The molecule has 1 fully saturated rings. The summed E-state index contributed by atoms with van der Waals surface area (Å²) in [5, 5.41) is 15.9. The molecule has 0 saturated carbocycles. The van der Waals surface area contributed by atoms with E-state index in [1.54, 1.807) is 17.1 Å². The SMILES string of the molecule is Cc1ccc(OCC2(O)COCCN(Cc3ccc(OCCn4cc(Cl)cn4)cc3)C2)cc1. The third-order valence-electron chi connectivity index (χ3n) is 5.49. The molecular weight excluding hydrogens is 442 g/mol. The molecule has 1 aliphatic rings. The van der Waals surface area contributed by atoms with Gasteiger partial charge in [-0.05, 0) is 36.8 Å². The van der Waals surface area contributed by atoms with E-state index in [0.29, 0.717) is 37.9 Å². The van der Waals surface area contributed by atoms with E-state index >= 15 is 0 Å². The lowest BCUT2D eigenvalue weighted by atomic mass is 10.1. The molecule has 176 valence electrons. The fourth-order valence-corrected chi connectivity index (χ4v) is 3.89. The molecule has 7 nitrogen and oxygen atoms in total. The Morgan fingerprint density at radius 3 is 2.55 bits per heavy atom. The number of aryl methyl sites for hydroxylation is 1. The van der Waals surface area contributed by atoms with E-state index in [0.717, 1.165) is 23.6 Å². The van der Waals surface area contributed by atoms with E-state index in [-0.39, 0.29) is 13.2 Å². The second kappa shape index (κ2) is 11.0. The van der Waals surface area contributed by atoms with Gasteiger partial charge in [-0.15, -0.1) is 0 Å². The first-order chi connectivity index (χ1) is 16.0. The Bertz CT molecular complexity index is 1010. The number of halogens is 1. The van der Waals surface area contributed by atoms with Gasteiger partial charge in [0.1, 0.15) is 30.3 Å². The van der Waals surface area contributed by atoms with Crippen LogP contribution in [0.3, 0.4) is 0 Å².